The van der Waals surface area contributed by atoms with Gasteiger partial charge in [0.1, 0.15) is 12.2 Å². The second-order valence-corrected chi connectivity index (χ2v) is 4.60. The molecule has 0 aromatic carbocycles. The van der Waals surface area contributed by atoms with E-state index in [1.54, 1.807) is 0 Å². The lowest BCUT2D eigenvalue weighted by Gasteiger charge is -2.27. The zero-order chi connectivity index (χ0) is 15.8. The summed E-state index contributed by atoms with van der Waals surface area (Å²) in [6.07, 6.45) is 1.10. The Hall–Kier alpha value is -1.96. The predicted molar refractivity (Wildman–Crippen MR) is 68.0 cm³/mol. The van der Waals surface area contributed by atoms with Crippen LogP contribution in [0.2, 0.25) is 0 Å². The summed E-state index contributed by atoms with van der Waals surface area (Å²) >= 11 is 0. The predicted octanol–water partition coefficient (Wildman–Crippen LogP) is -3.57. The molecular formula is C12H14N2O7. The SMILES string of the molecule is C#CCc1cn([C@]2(O)O[C@H](CO)[C@@H](O)[C@@H]2O)c(=O)[nH]c1=O. The van der Waals surface area contributed by atoms with Gasteiger partial charge in [-0.25, -0.2) is 9.36 Å². The van der Waals surface area contributed by atoms with Crippen molar-refractivity contribution < 1.29 is 25.2 Å². The van der Waals surface area contributed by atoms with Crippen LogP contribution in [0, 0.1) is 12.3 Å². The Morgan fingerprint density at radius 2 is 2.14 bits per heavy atom. The van der Waals surface area contributed by atoms with Gasteiger partial charge in [0, 0.05) is 18.2 Å². The average molecular weight is 298 g/mol. The number of aliphatic hydroxyl groups excluding tert-OH is 3. The van der Waals surface area contributed by atoms with Gasteiger partial charge in [0.2, 0.25) is 0 Å². The monoisotopic (exact) mass is 298 g/mol. The maximum atomic E-state index is 11.8. The molecule has 9 nitrogen and oxygen atoms in total. The molecule has 2 heterocycles. The minimum atomic E-state index is -2.63. The number of ether oxygens (including phenoxy) is 1. The van der Waals surface area contributed by atoms with Gasteiger partial charge in [-0.15, -0.1) is 12.3 Å². The number of aromatic nitrogens is 2. The third-order valence-electron chi connectivity index (χ3n) is 3.25. The molecule has 5 N–H and O–H groups in total. The third kappa shape index (κ3) is 2.39. The molecule has 1 aliphatic rings. The van der Waals surface area contributed by atoms with E-state index in [1.165, 1.54) is 0 Å². The van der Waals surface area contributed by atoms with E-state index >= 15 is 0 Å². The van der Waals surface area contributed by atoms with E-state index in [1.807, 2.05) is 4.98 Å². The van der Waals surface area contributed by atoms with Crippen molar-refractivity contribution in [2.24, 2.45) is 0 Å². The van der Waals surface area contributed by atoms with Crippen LogP contribution in [0.25, 0.3) is 0 Å². The first-order valence-electron chi connectivity index (χ1n) is 6.01. The van der Waals surface area contributed by atoms with Crippen molar-refractivity contribution in [3.05, 3.63) is 32.6 Å². The maximum Gasteiger partial charge on any atom is 0.332 e. The number of hydrogen-bond donors (Lipinski definition) is 5. The summed E-state index contributed by atoms with van der Waals surface area (Å²) in [5.41, 5.74) is -1.80. The number of hydrogen-bond acceptors (Lipinski definition) is 7. The fourth-order valence-electron chi connectivity index (χ4n) is 2.12. The van der Waals surface area contributed by atoms with Gasteiger partial charge in [-0.1, -0.05) is 0 Å². The minimum Gasteiger partial charge on any atom is -0.394 e. The molecule has 0 saturated carbocycles. The van der Waals surface area contributed by atoms with E-state index in [0.29, 0.717) is 4.57 Å². The van der Waals surface area contributed by atoms with Crippen molar-refractivity contribution >= 4 is 0 Å². The van der Waals surface area contributed by atoms with E-state index < -0.39 is 42.1 Å². The number of nitrogens with one attached hydrogen (secondary N) is 1. The number of aromatic amines is 1. The molecule has 0 unspecified atom stereocenters. The number of nitrogens with zero attached hydrogens (tertiary/aromatic N) is 1. The lowest BCUT2D eigenvalue weighted by atomic mass is 10.1. The fourth-order valence-corrected chi connectivity index (χ4v) is 2.12. The van der Waals surface area contributed by atoms with Crippen molar-refractivity contribution in [1.82, 2.24) is 9.55 Å². The number of terminal acetylenes is 1. The molecule has 4 atom stereocenters. The van der Waals surface area contributed by atoms with Crippen LogP contribution in [0.5, 0.6) is 0 Å². The van der Waals surface area contributed by atoms with E-state index in [2.05, 4.69) is 5.92 Å². The molecular weight excluding hydrogens is 284 g/mol. The molecule has 2 rings (SSSR count). The zero-order valence-corrected chi connectivity index (χ0v) is 10.8. The molecule has 1 aliphatic heterocycles. The second-order valence-electron chi connectivity index (χ2n) is 4.60. The van der Waals surface area contributed by atoms with Crippen LogP contribution in [0.4, 0.5) is 0 Å². The first kappa shape index (κ1) is 15.4. The van der Waals surface area contributed by atoms with Crippen LogP contribution in [0.3, 0.4) is 0 Å². The van der Waals surface area contributed by atoms with Crippen molar-refractivity contribution in [2.45, 2.75) is 30.6 Å². The first-order chi connectivity index (χ1) is 9.85. The highest BCUT2D eigenvalue weighted by Gasteiger charge is 2.55. The molecule has 21 heavy (non-hydrogen) atoms. The minimum absolute atomic E-state index is 0.0109. The zero-order valence-electron chi connectivity index (χ0n) is 10.8. The Labute approximate surface area is 118 Å². The molecule has 0 spiro atoms. The van der Waals surface area contributed by atoms with Crippen molar-refractivity contribution in [2.75, 3.05) is 6.61 Å². The molecule has 0 amide bonds. The molecule has 114 valence electrons. The van der Waals surface area contributed by atoms with Gasteiger partial charge < -0.3 is 25.2 Å². The summed E-state index contributed by atoms with van der Waals surface area (Å²) in [6, 6.07) is 0. The maximum absolute atomic E-state index is 11.8. The summed E-state index contributed by atoms with van der Waals surface area (Å²) in [7, 11) is 0. The topological polar surface area (TPSA) is 145 Å². The van der Waals surface area contributed by atoms with Gasteiger partial charge in [-0.2, -0.15) is 0 Å². The highest BCUT2D eigenvalue weighted by molar-refractivity contribution is 5.13. The summed E-state index contributed by atoms with van der Waals surface area (Å²) in [5.74, 6) is -0.423. The van der Waals surface area contributed by atoms with Gasteiger partial charge in [0.05, 0.1) is 6.61 Å². The summed E-state index contributed by atoms with van der Waals surface area (Å²) < 4.78 is 5.48. The third-order valence-corrected chi connectivity index (χ3v) is 3.25. The smallest absolute Gasteiger partial charge is 0.332 e. The van der Waals surface area contributed by atoms with Gasteiger partial charge in [-0.05, 0) is 0 Å². The molecule has 0 radical (unpaired) electrons. The Morgan fingerprint density at radius 1 is 1.48 bits per heavy atom. The Morgan fingerprint density at radius 3 is 2.67 bits per heavy atom. The van der Waals surface area contributed by atoms with Crippen LogP contribution < -0.4 is 11.2 Å². The van der Waals surface area contributed by atoms with Gasteiger partial charge in [-0.3, -0.25) is 9.78 Å². The van der Waals surface area contributed by atoms with Crippen LogP contribution in [-0.4, -0.2) is 54.9 Å². The van der Waals surface area contributed by atoms with Gasteiger partial charge in [0.15, 0.2) is 6.10 Å². The molecule has 9 heteroatoms. The molecule has 0 aliphatic carbocycles. The Kier molecular flexibility index (Phi) is 3.99. The molecule has 1 aromatic rings. The molecule has 0 bridgehead atoms. The van der Waals surface area contributed by atoms with E-state index in [-0.39, 0.29) is 12.0 Å². The van der Waals surface area contributed by atoms with E-state index in [0.717, 1.165) is 6.20 Å². The molecule has 1 fully saturated rings. The van der Waals surface area contributed by atoms with Crippen LogP contribution in [0.1, 0.15) is 5.56 Å². The highest BCUT2D eigenvalue weighted by atomic mass is 16.7. The highest BCUT2D eigenvalue weighted by Crippen LogP contribution is 2.32. The van der Waals surface area contributed by atoms with Gasteiger partial charge in [0.25, 0.3) is 11.5 Å². The van der Waals surface area contributed by atoms with Crippen LogP contribution in [-0.2, 0) is 17.1 Å². The standard InChI is InChI=1S/C12H14N2O7/c1-2-3-6-4-14(11(19)13-10(6)18)12(20)9(17)8(16)7(5-15)21-12/h1,4,7-9,15-17,20H,3,5H2,(H,13,18,19)/t7-,8-,9+,12-/m1/s1. The number of aliphatic hydroxyl groups is 4. The largest absolute Gasteiger partial charge is 0.394 e. The first-order valence-corrected chi connectivity index (χ1v) is 6.01. The molecule has 1 saturated heterocycles. The number of H-pyrrole nitrogens is 1. The molecule has 1 aromatic heterocycles. The normalized spacial score (nSPS) is 32.0. The summed E-state index contributed by atoms with van der Waals surface area (Å²) in [6.45, 7) is -0.685. The van der Waals surface area contributed by atoms with E-state index in [4.69, 9.17) is 16.3 Å². The summed E-state index contributed by atoms with van der Waals surface area (Å²) in [4.78, 5) is 25.2. The average Bonchev–Trinajstić information content (AvgIpc) is 2.67. The van der Waals surface area contributed by atoms with Crippen molar-refractivity contribution in [3.63, 3.8) is 0 Å². The van der Waals surface area contributed by atoms with Crippen LogP contribution >= 0.6 is 0 Å². The number of rotatable bonds is 3. The lowest BCUT2D eigenvalue weighted by Crippen LogP contribution is -2.52. The van der Waals surface area contributed by atoms with Crippen molar-refractivity contribution in [1.29, 1.82) is 0 Å². The summed E-state index contributed by atoms with van der Waals surface area (Å²) in [5, 5.41) is 38.8. The fraction of sp³-hybridized carbons (Fsp3) is 0.500. The lowest BCUT2D eigenvalue weighted by molar-refractivity contribution is -0.291. The Bertz CT molecular complexity index is 688. The Balaban J connectivity index is 2.56. The second kappa shape index (κ2) is 5.44. The van der Waals surface area contributed by atoms with Gasteiger partial charge >= 0.3 is 5.69 Å². The van der Waals surface area contributed by atoms with E-state index in [9.17, 15) is 24.9 Å². The quantitative estimate of drug-likeness (QED) is 0.363. The van der Waals surface area contributed by atoms with Crippen molar-refractivity contribution in [3.8, 4) is 12.3 Å². The van der Waals surface area contributed by atoms with Crippen LogP contribution in [0.15, 0.2) is 15.8 Å².